The van der Waals surface area contributed by atoms with Gasteiger partial charge in [-0.1, -0.05) is 42.5 Å². The number of sulfonamides is 1. The first-order valence-electron chi connectivity index (χ1n) is 10.3. The zero-order valence-electron chi connectivity index (χ0n) is 19.3. The van der Waals surface area contributed by atoms with Crippen molar-refractivity contribution < 1.29 is 28.1 Å². The molecule has 2 aromatic carbocycles. The summed E-state index contributed by atoms with van der Waals surface area (Å²) in [5.74, 6) is 0.688. The van der Waals surface area contributed by atoms with Crippen LogP contribution in [0.15, 0.2) is 78.5 Å². The van der Waals surface area contributed by atoms with Gasteiger partial charge in [0.05, 0.1) is 19.6 Å². The van der Waals surface area contributed by atoms with E-state index in [1.54, 1.807) is 54.6 Å². The Hall–Kier alpha value is -3.55. The van der Waals surface area contributed by atoms with Crippen molar-refractivity contribution in [1.29, 1.82) is 0 Å². The molecule has 0 aliphatic carbocycles. The fraction of sp³-hybridized carbons (Fsp3) is 0.0833. The maximum absolute atomic E-state index is 12.9. The molecule has 37 heavy (non-hydrogen) atoms. The van der Waals surface area contributed by atoms with E-state index in [4.69, 9.17) is 14.2 Å². The molecular formula is C24H24N5NaO6S. The minimum atomic E-state index is -4.02. The summed E-state index contributed by atoms with van der Waals surface area (Å²) >= 11 is 0. The van der Waals surface area contributed by atoms with Crippen LogP contribution in [0.25, 0.3) is 17.7 Å². The Morgan fingerprint density at radius 2 is 1.46 bits per heavy atom. The van der Waals surface area contributed by atoms with Crippen LogP contribution in [0.4, 0.5) is 5.82 Å². The van der Waals surface area contributed by atoms with Gasteiger partial charge in [-0.25, -0.2) is 23.4 Å². The van der Waals surface area contributed by atoms with Crippen molar-refractivity contribution in [2.24, 2.45) is 0 Å². The van der Waals surface area contributed by atoms with E-state index in [-0.39, 0.29) is 64.1 Å². The van der Waals surface area contributed by atoms with Gasteiger partial charge in [0, 0.05) is 12.4 Å². The van der Waals surface area contributed by atoms with Crippen molar-refractivity contribution in [3.8, 4) is 34.8 Å². The maximum atomic E-state index is 12.9. The molecule has 0 bridgehead atoms. The number of anilines is 1. The van der Waals surface area contributed by atoms with E-state index in [1.807, 2.05) is 6.07 Å². The molecule has 188 valence electrons. The first-order valence-corrected chi connectivity index (χ1v) is 11.8. The minimum absolute atomic E-state index is 0. The molecule has 0 atom stereocenters. The third-order valence-electron chi connectivity index (χ3n) is 4.55. The van der Waals surface area contributed by atoms with Crippen molar-refractivity contribution in [2.45, 2.75) is 0 Å². The summed E-state index contributed by atoms with van der Waals surface area (Å²) in [6, 6.07) is 17.5. The Balaban J connectivity index is 0.00000241. The summed E-state index contributed by atoms with van der Waals surface area (Å²) in [6.07, 6.45) is 4.50. The summed E-state index contributed by atoms with van der Waals surface area (Å²) in [5.41, 5.74) is 0.710. The van der Waals surface area contributed by atoms with Crippen LogP contribution in [0.3, 0.4) is 0 Å². The molecule has 4 rings (SSSR count). The first-order chi connectivity index (χ1) is 17.0. The van der Waals surface area contributed by atoms with Crippen molar-refractivity contribution >= 4 is 51.5 Å². The molecule has 0 saturated heterocycles. The third kappa shape index (κ3) is 7.71. The molecule has 0 aliphatic rings. The fourth-order valence-electron chi connectivity index (χ4n) is 2.96. The van der Waals surface area contributed by atoms with E-state index in [0.29, 0.717) is 17.1 Å². The second kappa shape index (κ2) is 13.7. The number of nitrogens with zero attached hydrogens (tertiary/aromatic N) is 4. The number of nitrogens with one attached hydrogen (secondary N) is 1. The fourth-order valence-corrected chi connectivity index (χ4v) is 3.77. The summed E-state index contributed by atoms with van der Waals surface area (Å²) in [4.78, 5) is 16.9. The van der Waals surface area contributed by atoms with Crippen LogP contribution in [0.2, 0.25) is 0 Å². The van der Waals surface area contributed by atoms with Crippen LogP contribution in [-0.4, -0.2) is 77.6 Å². The van der Waals surface area contributed by atoms with E-state index in [9.17, 15) is 8.42 Å². The van der Waals surface area contributed by atoms with Crippen LogP contribution < -0.4 is 18.9 Å². The molecule has 2 heterocycles. The third-order valence-corrected chi connectivity index (χ3v) is 5.53. The molecule has 0 fully saturated rings. The molecule has 11 nitrogen and oxygen atoms in total. The van der Waals surface area contributed by atoms with Gasteiger partial charge in [-0.05, 0) is 29.8 Å². The number of methoxy groups -OCH3 is 2. The number of benzene rings is 2. The summed E-state index contributed by atoms with van der Waals surface area (Å²) < 4.78 is 45.0. The van der Waals surface area contributed by atoms with E-state index < -0.39 is 10.0 Å². The molecular weight excluding hydrogens is 509 g/mol. The van der Waals surface area contributed by atoms with Crippen LogP contribution in [0.1, 0.15) is 5.56 Å². The number of hydrogen-bond acceptors (Lipinski definition) is 9. The van der Waals surface area contributed by atoms with Crippen molar-refractivity contribution in [1.82, 2.24) is 19.9 Å². The Kier molecular flexibility index (Phi) is 11.0. The van der Waals surface area contributed by atoms with Gasteiger partial charge in [0.15, 0.2) is 23.1 Å². The monoisotopic (exact) mass is 533 g/mol. The van der Waals surface area contributed by atoms with Gasteiger partial charge in [0.1, 0.15) is 0 Å². The Morgan fingerprint density at radius 3 is 2.11 bits per heavy atom. The number of hydrogen-bond donors (Lipinski definition) is 1. The zero-order valence-corrected chi connectivity index (χ0v) is 20.1. The van der Waals surface area contributed by atoms with E-state index in [0.717, 1.165) is 5.41 Å². The topological polar surface area (TPSA) is 157 Å². The van der Waals surface area contributed by atoms with Crippen molar-refractivity contribution in [2.75, 3.05) is 18.9 Å². The van der Waals surface area contributed by atoms with E-state index >= 15 is 0 Å². The molecule has 2 aromatic heterocycles. The average molecular weight is 534 g/mol. The van der Waals surface area contributed by atoms with Gasteiger partial charge in [0.25, 0.3) is 15.9 Å². The summed E-state index contributed by atoms with van der Waals surface area (Å²) in [6.45, 7) is 0. The molecule has 4 aromatic rings. The van der Waals surface area contributed by atoms with Gasteiger partial charge in [-0.2, -0.15) is 4.98 Å². The van der Waals surface area contributed by atoms with Crippen LogP contribution in [0.5, 0.6) is 23.1 Å². The normalized spacial score (nSPS) is 10.6. The molecule has 0 unspecified atom stereocenters. The number of ether oxygens (including phenoxy) is 3. The molecule has 0 amide bonds. The van der Waals surface area contributed by atoms with Crippen LogP contribution in [-0.2, 0) is 10.0 Å². The van der Waals surface area contributed by atoms with Gasteiger partial charge in [-0.3, -0.25) is 4.72 Å². The second-order valence-electron chi connectivity index (χ2n) is 6.92. The first kappa shape index (κ1) is 29.7. The molecule has 0 saturated carbocycles. The van der Waals surface area contributed by atoms with Crippen LogP contribution in [0, 0.1) is 0 Å². The standard InChI is InChI=1S/C24H21N5O5S.Na.H2O.H/c1-32-18-11-6-7-12-19(18)34-20-21(29-35(30,31)16-13-17-9-4-3-5-10-17)27-23(28-24(20)33-2)22-25-14-8-15-26-22;;;/h3-16H,1-2H3,(H,27,28,29);;1H2;. The number of para-hydroxylation sites is 2. The molecule has 3 N–H and O–H groups in total. The predicted octanol–water partition coefficient (Wildman–Crippen LogP) is 2.68. The molecule has 0 radical (unpaired) electrons. The Labute approximate surface area is 236 Å². The Bertz CT molecular complexity index is 1440. The SMILES string of the molecule is COc1ccccc1Oc1c(NS(=O)(=O)C=Cc2ccccc2)nc(-c2ncccn2)nc1OC.O.[NaH]. The van der Waals surface area contributed by atoms with Gasteiger partial charge >= 0.3 is 29.6 Å². The van der Waals surface area contributed by atoms with Gasteiger partial charge in [-0.15, -0.1) is 0 Å². The predicted molar refractivity (Wildman–Crippen MR) is 141 cm³/mol. The van der Waals surface area contributed by atoms with Crippen LogP contribution >= 0.6 is 0 Å². The summed E-state index contributed by atoms with van der Waals surface area (Å²) in [7, 11) is -1.15. The van der Waals surface area contributed by atoms with Gasteiger partial charge < -0.3 is 19.7 Å². The quantitative estimate of drug-likeness (QED) is 0.319. The number of rotatable bonds is 9. The molecule has 13 heteroatoms. The zero-order chi connectivity index (χ0) is 24.7. The molecule has 0 spiro atoms. The van der Waals surface area contributed by atoms with E-state index in [1.165, 1.54) is 32.7 Å². The average Bonchev–Trinajstić information content (AvgIpc) is 2.89. The van der Waals surface area contributed by atoms with E-state index in [2.05, 4.69) is 24.7 Å². The number of aromatic nitrogens is 4. The summed E-state index contributed by atoms with van der Waals surface area (Å²) in [5, 5.41) is 1.03. The van der Waals surface area contributed by atoms with Crippen molar-refractivity contribution in [3.63, 3.8) is 0 Å². The Morgan fingerprint density at radius 1 is 0.811 bits per heavy atom. The molecule has 0 aliphatic heterocycles. The van der Waals surface area contributed by atoms with Gasteiger partial charge in [0.2, 0.25) is 11.6 Å². The van der Waals surface area contributed by atoms with Crippen molar-refractivity contribution in [3.05, 3.63) is 84.0 Å². The second-order valence-corrected chi connectivity index (χ2v) is 8.49.